The Hall–Kier alpha value is -1.07. The van der Waals surface area contributed by atoms with Gasteiger partial charge >= 0.3 is 6.09 Å². The Bertz CT molecular complexity index is 326. The number of rotatable bonds is 4. The van der Waals surface area contributed by atoms with Gasteiger partial charge in [0.05, 0.1) is 12.6 Å². The molecule has 0 aliphatic heterocycles. The average molecular weight is 274 g/mol. The molecule has 1 rings (SSSR count). The molecule has 2 N–H and O–H groups in total. The van der Waals surface area contributed by atoms with E-state index in [2.05, 4.69) is 21.2 Å². The van der Waals surface area contributed by atoms with Gasteiger partial charge in [-0.25, -0.2) is 4.79 Å². The van der Waals surface area contributed by atoms with Crippen LogP contribution in [0.25, 0.3) is 0 Å². The third-order valence-corrected chi connectivity index (χ3v) is 2.43. The summed E-state index contributed by atoms with van der Waals surface area (Å²) >= 11 is 3.32. The molecule has 0 saturated heterocycles. The first-order valence-corrected chi connectivity index (χ1v) is 5.16. The van der Waals surface area contributed by atoms with Crippen LogP contribution in [0.15, 0.2) is 28.7 Å². The van der Waals surface area contributed by atoms with Crippen LogP contribution >= 0.6 is 15.9 Å². The van der Waals surface area contributed by atoms with Crippen molar-refractivity contribution in [2.75, 3.05) is 13.7 Å². The van der Waals surface area contributed by atoms with Gasteiger partial charge < -0.3 is 15.2 Å². The van der Waals surface area contributed by atoms with E-state index in [-0.39, 0.29) is 6.04 Å². The maximum Gasteiger partial charge on any atom is 0.405 e. The highest BCUT2D eigenvalue weighted by Crippen LogP contribution is 2.17. The zero-order valence-corrected chi connectivity index (χ0v) is 9.82. The minimum Gasteiger partial charge on any atom is -0.465 e. The van der Waals surface area contributed by atoms with Crippen molar-refractivity contribution >= 4 is 22.0 Å². The Morgan fingerprint density at radius 2 is 2.13 bits per heavy atom. The maximum atomic E-state index is 10.5. The van der Waals surface area contributed by atoms with E-state index in [0.29, 0.717) is 6.61 Å². The van der Waals surface area contributed by atoms with Crippen molar-refractivity contribution in [3.63, 3.8) is 0 Å². The summed E-state index contributed by atoms with van der Waals surface area (Å²) < 4.78 is 5.91. The van der Waals surface area contributed by atoms with E-state index in [1.807, 2.05) is 24.3 Å². The van der Waals surface area contributed by atoms with Gasteiger partial charge in [-0.15, -0.1) is 0 Å². The molecule has 82 valence electrons. The van der Waals surface area contributed by atoms with Gasteiger partial charge in [0.15, 0.2) is 0 Å². The Balaban J connectivity index is 2.78. The lowest BCUT2D eigenvalue weighted by Gasteiger charge is -2.16. The van der Waals surface area contributed by atoms with Gasteiger partial charge in [-0.1, -0.05) is 28.1 Å². The molecule has 0 fully saturated rings. The van der Waals surface area contributed by atoms with Crippen LogP contribution in [0.5, 0.6) is 0 Å². The van der Waals surface area contributed by atoms with Gasteiger partial charge in [-0.05, 0) is 17.7 Å². The van der Waals surface area contributed by atoms with E-state index < -0.39 is 6.09 Å². The maximum absolute atomic E-state index is 10.5. The zero-order chi connectivity index (χ0) is 11.3. The monoisotopic (exact) mass is 273 g/mol. The molecule has 4 nitrogen and oxygen atoms in total. The fourth-order valence-electron chi connectivity index (χ4n) is 1.23. The van der Waals surface area contributed by atoms with E-state index in [1.165, 1.54) is 7.11 Å². The third kappa shape index (κ3) is 3.89. The molecule has 0 spiro atoms. The molecule has 1 aromatic rings. The molecule has 0 aliphatic rings. The molecule has 1 atom stereocenters. The van der Waals surface area contributed by atoms with Crippen LogP contribution in [0.4, 0.5) is 4.79 Å². The number of amides is 1. The van der Waals surface area contributed by atoms with Gasteiger partial charge in [0.2, 0.25) is 0 Å². The third-order valence-electron chi connectivity index (χ3n) is 1.90. The Kier molecular flexibility index (Phi) is 4.58. The smallest absolute Gasteiger partial charge is 0.405 e. The van der Waals surface area contributed by atoms with Crippen molar-refractivity contribution in [2.24, 2.45) is 0 Å². The minimum atomic E-state index is -1.06. The second-order valence-electron chi connectivity index (χ2n) is 3.01. The highest BCUT2D eigenvalue weighted by molar-refractivity contribution is 9.10. The Labute approximate surface area is 96.4 Å². The molecule has 1 unspecified atom stereocenters. The van der Waals surface area contributed by atoms with Crippen molar-refractivity contribution in [2.45, 2.75) is 6.04 Å². The van der Waals surface area contributed by atoms with Crippen LogP contribution in [0.1, 0.15) is 11.6 Å². The highest BCUT2D eigenvalue weighted by atomic mass is 79.9. The van der Waals surface area contributed by atoms with E-state index in [1.54, 1.807) is 0 Å². The molecule has 0 saturated carbocycles. The number of benzene rings is 1. The summed E-state index contributed by atoms with van der Waals surface area (Å²) in [5, 5.41) is 11.0. The summed E-state index contributed by atoms with van der Waals surface area (Å²) in [5.74, 6) is 0. The molecule has 1 amide bonds. The van der Waals surface area contributed by atoms with Crippen LogP contribution < -0.4 is 5.32 Å². The largest absolute Gasteiger partial charge is 0.465 e. The molecular formula is C10H12BrNO3. The molecule has 0 radical (unpaired) electrons. The van der Waals surface area contributed by atoms with E-state index in [0.717, 1.165) is 10.0 Å². The summed E-state index contributed by atoms with van der Waals surface area (Å²) in [6.07, 6.45) is -1.06. The van der Waals surface area contributed by atoms with Crippen molar-refractivity contribution in [3.8, 4) is 0 Å². The molecule has 0 aromatic heterocycles. The number of carboxylic acid groups (broad SMARTS) is 1. The lowest BCUT2D eigenvalue weighted by molar-refractivity contribution is 0.152. The number of halogens is 1. The number of nitrogens with one attached hydrogen (secondary N) is 1. The SMILES string of the molecule is COCC(NC(=O)O)c1ccc(Br)cc1. The van der Waals surface area contributed by atoms with E-state index in [9.17, 15) is 4.79 Å². The van der Waals surface area contributed by atoms with Crippen molar-refractivity contribution in [3.05, 3.63) is 34.3 Å². The summed E-state index contributed by atoms with van der Waals surface area (Å²) in [7, 11) is 1.54. The van der Waals surface area contributed by atoms with Gasteiger partial charge in [0.1, 0.15) is 0 Å². The number of ether oxygens (including phenoxy) is 1. The Morgan fingerprint density at radius 1 is 1.53 bits per heavy atom. The second-order valence-corrected chi connectivity index (χ2v) is 3.92. The fourth-order valence-corrected chi connectivity index (χ4v) is 1.50. The standard InChI is InChI=1S/C10H12BrNO3/c1-15-6-9(12-10(13)14)7-2-4-8(11)5-3-7/h2-5,9,12H,6H2,1H3,(H,13,14). The summed E-state index contributed by atoms with van der Waals surface area (Å²) in [6, 6.07) is 7.09. The van der Waals surface area contributed by atoms with Crippen LogP contribution in [0.2, 0.25) is 0 Å². The molecular weight excluding hydrogens is 262 g/mol. The topological polar surface area (TPSA) is 58.6 Å². The van der Waals surface area contributed by atoms with Crippen LogP contribution in [0, 0.1) is 0 Å². The normalized spacial score (nSPS) is 12.1. The number of methoxy groups -OCH3 is 1. The second kappa shape index (κ2) is 5.72. The predicted molar refractivity (Wildman–Crippen MR) is 59.9 cm³/mol. The lowest BCUT2D eigenvalue weighted by Crippen LogP contribution is -2.29. The number of hydrogen-bond acceptors (Lipinski definition) is 2. The number of carbonyl (C=O) groups is 1. The van der Waals surface area contributed by atoms with Gasteiger partial charge in [0, 0.05) is 11.6 Å². The van der Waals surface area contributed by atoms with Gasteiger partial charge in [-0.2, -0.15) is 0 Å². The van der Waals surface area contributed by atoms with Crippen molar-refractivity contribution < 1.29 is 14.6 Å². The minimum absolute atomic E-state index is 0.313. The van der Waals surface area contributed by atoms with Crippen molar-refractivity contribution in [1.29, 1.82) is 0 Å². The first kappa shape index (κ1) is 12.0. The summed E-state index contributed by atoms with van der Waals surface area (Å²) in [4.78, 5) is 10.5. The molecule has 5 heteroatoms. The Morgan fingerprint density at radius 3 is 2.60 bits per heavy atom. The van der Waals surface area contributed by atoms with E-state index >= 15 is 0 Å². The van der Waals surface area contributed by atoms with Crippen LogP contribution in [-0.2, 0) is 4.74 Å². The fraction of sp³-hybridized carbons (Fsp3) is 0.300. The molecule has 1 aromatic carbocycles. The average Bonchev–Trinajstić information content (AvgIpc) is 2.17. The number of hydrogen-bond donors (Lipinski definition) is 2. The van der Waals surface area contributed by atoms with E-state index in [4.69, 9.17) is 9.84 Å². The van der Waals surface area contributed by atoms with Crippen molar-refractivity contribution in [1.82, 2.24) is 5.32 Å². The quantitative estimate of drug-likeness (QED) is 0.886. The molecule has 0 bridgehead atoms. The molecule has 0 heterocycles. The first-order valence-electron chi connectivity index (χ1n) is 4.37. The molecule has 0 aliphatic carbocycles. The van der Waals surface area contributed by atoms with Gasteiger partial charge in [0.25, 0.3) is 0 Å². The van der Waals surface area contributed by atoms with Gasteiger partial charge in [-0.3, -0.25) is 0 Å². The first-order chi connectivity index (χ1) is 7.13. The highest BCUT2D eigenvalue weighted by Gasteiger charge is 2.13. The predicted octanol–water partition coefficient (Wildman–Crippen LogP) is 2.40. The summed E-state index contributed by atoms with van der Waals surface area (Å²) in [5.41, 5.74) is 0.877. The molecule has 15 heavy (non-hydrogen) atoms. The lowest BCUT2D eigenvalue weighted by atomic mass is 10.1. The van der Waals surface area contributed by atoms with Crippen LogP contribution in [-0.4, -0.2) is 24.9 Å². The van der Waals surface area contributed by atoms with Crippen LogP contribution in [0.3, 0.4) is 0 Å². The zero-order valence-electron chi connectivity index (χ0n) is 8.24. The summed E-state index contributed by atoms with van der Waals surface area (Å²) in [6.45, 7) is 0.313.